The molecule has 0 bridgehead atoms. The molecule has 0 saturated heterocycles. The zero-order valence-corrected chi connectivity index (χ0v) is 10.2. The van der Waals surface area contributed by atoms with Gasteiger partial charge >= 0.3 is 5.69 Å². The fourth-order valence-electron chi connectivity index (χ4n) is 1.63. The molecule has 1 heterocycles. The van der Waals surface area contributed by atoms with Crippen LogP contribution in [0.3, 0.4) is 0 Å². The van der Waals surface area contributed by atoms with Crippen LogP contribution in [0.2, 0.25) is 0 Å². The van der Waals surface area contributed by atoms with Crippen molar-refractivity contribution in [3.05, 3.63) is 22.2 Å². The Morgan fingerprint density at radius 1 is 1.59 bits per heavy atom. The fraction of sp³-hybridized carbons (Fsp3) is 0.500. The van der Waals surface area contributed by atoms with Crippen molar-refractivity contribution >= 4 is 17.3 Å². The van der Waals surface area contributed by atoms with Gasteiger partial charge in [-0.2, -0.15) is 0 Å². The van der Waals surface area contributed by atoms with Gasteiger partial charge in [-0.15, -0.1) is 0 Å². The van der Waals surface area contributed by atoms with Gasteiger partial charge < -0.3 is 10.3 Å². The molecule has 0 aromatic carbocycles. The van der Waals surface area contributed by atoms with E-state index in [0.717, 1.165) is 0 Å². The Morgan fingerprint density at radius 2 is 2.24 bits per heavy atom. The summed E-state index contributed by atoms with van der Waals surface area (Å²) >= 11 is 0. The number of nitro groups is 1. The van der Waals surface area contributed by atoms with E-state index in [1.807, 2.05) is 25.7 Å². The summed E-state index contributed by atoms with van der Waals surface area (Å²) in [5, 5.41) is 11.0. The van der Waals surface area contributed by atoms with Gasteiger partial charge in [0.2, 0.25) is 5.82 Å². The molecule has 94 valence electrons. The van der Waals surface area contributed by atoms with Crippen LogP contribution in [0, 0.1) is 10.1 Å². The Bertz CT molecular complexity index is 408. The van der Waals surface area contributed by atoms with Crippen LogP contribution >= 0.6 is 0 Å². The van der Waals surface area contributed by atoms with Crippen LogP contribution in [0.25, 0.3) is 0 Å². The first-order valence-corrected chi connectivity index (χ1v) is 5.40. The van der Waals surface area contributed by atoms with Crippen LogP contribution in [0.1, 0.15) is 20.8 Å². The summed E-state index contributed by atoms with van der Waals surface area (Å²) < 4.78 is 0. The second-order valence-corrected chi connectivity index (χ2v) is 3.82. The second kappa shape index (κ2) is 5.44. The highest BCUT2D eigenvalue weighted by atomic mass is 16.6. The van der Waals surface area contributed by atoms with Gasteiger partial charge in [-0.05, 0) is 26.8 Å². The van der Waals surface area contributed by atoms with E-state index in [0.29, 0.717) is 18.2 Å². The predicted octanol–water partition coefficient (Wildman–Crippen LogP) is 1.51. The van der Waals surface area contributed by atoms with Crippen LogP contribution < -0.4 is 16.2 Å². The van der Waals surface area contributed by atoms with Crippen LogP contribution in [-0.4, -0.2) is 22.5 Å². The zero-order valence-electron chi connectivity index (χ0n) is 10.2. The molecule has 0 aliphatic rings. The first kappa shape index (κ1) is 13.2. The summed E-state index contributed by atoms with van der Waals surface area (Å²) in [5.74, 6) is 6.00. The normalized spacial score (nSPS) is 10.4. The zero-order chi connectivity index (χ0) is 13.0. The first-order valence-electron chi connectivity index (χ1n) is 5.40. The van der Waals surface area contributed by atoms with E-state index in [9.17, 15) is 10.1 Å². The summed E-state index contributed by atoms with van der Waals surface area (Å²) in [6.07, 6.45) is 0. The molecule has 7 nitrogen and oxygen atoms in total. The van der Waals surface area contributed by atoms with E-state index in [4.69, 9.17) is 5.84 Å². The highest BCUT2D eigenvalue weighted by molar-refractivity contribution is 5.62. The minimum atomic E-state index is -0.437. The fourth-order valence-corrected chi connectivity index (χ4v) is 1.63. The van der Waals surface area contributed by atoms with Gasteiger partial charge in [-0.1, -0.05) is 0 Å². The summed E-state index contributed by atoms with van der Waals surface area (Å²) in [6, 6.07) is 3.01. The van der Waals surface area contributed by atoms with Gasteiger partial charge in [-0.3, -0.25) is 10.1 Å². The lowest BCUT2D eigenvalue weighted by Crippen LogP contribution is -2.32. The van der Waals surface area contributed by atoms with Crippen molar-refractivity contribution in [2.75, 3.05) is 16.9 Å². The number of hydrogen-bond donors (Lipinski definition) is 2. The SMILES string of the molecule is CCN(c1nc(NN)ccc1[N+](=O)[O-])C(C)C. The number of nitrogen functional groups attached to an aromatic ring is 1. The highest BCUT2D eigenvalue weighted by Crippen LogP contribution is 2.28. The van der Waals surface area contributed by atoms with Crippen LogP contribution in [0.5, 0.6) is 0 Å². The summed E-state index contributed by atoms with van der Waals surface area (Å²) in [5.41, 5.74) is 2.38. The largest absolute Gasteiger partial charge is 0.349 e. The number of pyridine rings is 1. The highest BCUT2D eigenvalue weighted by Gasteiger charge is 2.22. The molecular formula is C10H17N5O2. The smallest absolute Gasteiger partial charge is 0.311 e. The number of nitrogens with two attached hydrogens (primary N) is 1. The topological polar surface area (TPSA) is 97.3 Å². The van der Waals surface area contributed by atoms with Crippen molar-refractivity contribution in [2.24, 2.45) is 5.84 Å². The Balaban J connectivity index is 3.29. The predicted molar refractivity (Wildman–Crippen MR) is 66.9 cm³/mol. The van der Waals surface area contributed by atoms with Gasteiger partial charge in [0.25, 0.3) is 0 Å². The lowest BCUT2D eigenvalue weighted by Gasteiger charge is -2.26. The van der Waals surface area contributed by atoms with Gasteiger partial charge in [0.15, 0.2) is 0 Å². The standard InChI is InChI=1S/C10H17N5O2/c1-4-14(7(2)3)10-8(15(16)17)5-6-9(12-10)13-11/h5-7H,4,11H2,1-3H3,(H,12,13). The minimum Gasteiger partial charge on any atom is -0.349 e. The van der Waals surface area contributed by atoms with Gasteiger partial charge in [0.05, 0.1) is 4.92 Å². The van der Waals surface area contributed by atoms with E-state index in [1.54, 1.807) is 0 Å². The van der Waals surface area contributed by atoms with E-state index in [1.165, 1.54) is 12.1 Å². The van der Waals surface area contributed by atoms with Crippen molar-refractivity contribution < 1.29 is 4.92 Å². The van der Waals surface area contributed by atoms with Crippen LogP contribution in [0.15, 0.2) is 12.1 Å². The van der Waals surface area contributed by atoms with Crippen molar-refractivity contribution in [1.82, 2.24) is 4.98 Å². The molecule has 0 unspecified atom stereocenters. The van der Waals surface area contributed by atoms with Gasteiger partial charge in [0.1, 0.15) is 5.82 Å². The monoisotopic (exact) mass is 239 g/mol. The maximum Gasteiger partial charge on any atom is 0.311 e. The van der Waals surface area contributed by atoms with Crippen LogP contribution in [-0.2, 0) is 0 Å². The molecular weight excluding hydrogens is 222 g/mol. The average molecular weight is 239 g/mol. The lowest BCUT2D eigenvalue weighted by molar-refractivity contribution is -0.384. The number of hydrogen-bond acceptors (Lipinski definition) is 6. The second-order valence-electron chi connectivity index (χ2n) is 3.82. The van der Waals surface area contributed by atoms with Gasteiger partial charge in [-0.25, -0.2) is 10.8 Å². The number of rotatable bonds is 5. The molecule has 1 aromatic heterocycles. The molecule has 0 amide bonds. The molecule has 0 saturated carbocycles. The number of aromatic nitrogens is 1. The third-order valence-electron chi connectivity index (χ3n) is 2.44. The number of nitrogens with zero attached hydrogens (tertiary/aromatic N) is 3. The maximum absolute atomic E-state index is 11.0. The quantitative estimate of drug-likeness (QED) is 0.459. The Kier molecular flexibility index (Phi) is 4.22. The molecule has 0 fully saturated rings. The number of nitrogens with one attached hydrogen (secondary N) is 1. The molecule has 0 aliphatic heterocycles. The van der Waals surface area contributed by atoms with E-state index < -0.39 is 4.92 Å². The third kappa shape index (κ3) is 2.82. The number of hydrazine groups is 1. The molecule has 0 aliphatic carbocycles. The van der Waals surface area contributed by atoms with Crippen molar-refractivity contribution in [3.63, 3.8) is 0 Å². The van der Waals surface area contributed by atoms with Crippen molar-refractivity contribution in [2.45, 2.75) is 26.8 Å². The Labute approximate surface area is 99.7 Å². The summed E-state index contributed by atoms with van der Waals surface area (Å²) in [7, 11) is 0. The molecule has 1 rings (SSSR count). The molecule has 1 aromatic rings. The minimum absolute atomic E-state index is 0.0143. The lowest BCUT2D eigenvalue weighted by atomic mass is 10.2. The molecule has 0 atom stereocenters. The van der Waals surface area contributed by atoms with Crippen molar-refractivity contribution in [3.8, 4) is 0 Å². The van der Waals surface area contributed by atoms with E-state index >= 15 is 0 Å². The Morgan fingerprint density at radius 3 is 2.65 bits per heavy atom. The van der Waals surface area contributed by atoms with Crippen LogP contribution in [0.4, 0.5) is 17.3 Å². The van der Waals surface area contributed by atoms with Crippen molar-refractivity contribution in [1.29, 1.82) is 0 Å². The third-order valence-corrected chi connectivity index (χ3v) is 2.44. The molecule has 17 heavy (non-hydrogen) atoms. The maximum atomic E-state index is 11.0. The molecule has 0 spiro atoms. The summed E-state index contributed by atoms with van der Waals surface area (Å²) in [4.78, 5) is 16.5. The number of anilines is 2. The van der Waals surface area contributed by atoms with E-state index in [2.05, 4.69) is 10.4 Å². The average Bonchev–Trinajstić information content (AvgIpc) is 2.29. The molecule has 3 N–H and O–H groups in total. The van der Waals surface area contributed by atoms with Gasteiger partial charge in [0, 0.05) is 18.7 Å². The first-order chi connectivity index (χ1) is 8.01. The Hall–Kier alpha value is -1.89. The van der Waals surface area contributed by atoms with E-state index in [-0.39, 0.29) is 11.7 Å². The summed E-state index contributed by atoms with van der Waals surface area (Å²) in [6.45, 7) is 6.47. The molecule has 0 radical (unpaired) electrons. The molecule has 7 heteroatoms.